The summed E-state index contributed by atoms with van der Waals surface area (Å²) in [6.07, 6.45) is 5.33. The Hall–Kier alpha value is -2.97. The van der Waals surface area contributed by atoms with Gasteiger partial charge in [0.15, 0.2) is 5.78 Å². The summed E-state index contributed by atoms with van der Waals surface area (Å²) in [5, 5.41) is 9.13. The Balaban J connectivity index is 1.86. The molecule has 3 aromatic rings. The average molecular weight is 386 g/mol. The van der Waals surface area contributed by atoms with Crippen LogP contribution in [0.15, 0.2) is 42.6 Å². The third-order valence-electron chi connectivity index (χ3n) is 5.66. The van der Waals surface area contributed by atoms with Crippen LogP contribution in [0.2, 0.25) is 0 Å². The molecule has 0 bridgehead atoms. The number of nitriles is 1. The number of rotatable bonds is 5. The molecule has 148 valence electrons. The topological polar surface area (TPSA) is 61.9 Å². The Kier molecular flexibility index (Phi) is 5.46. The molecule has 0 radical (unpaired) electrons. The molecule has 5 nitrogen and oxygen atoms in total. The molecule has 1 saturated heterocycles. The Morgan fingerprint density at radius 1 is 1.14 bits per heavy atom. The van der Waals surface area contributed by atoms with Crippen LogP contribution in [-0.4, -0.2) is 39.9 Å². The Morgan fingerprint density at radius 3 is 2.52 bits per heavy atom. The predicted octanol–water partition coefficient (Wildman–Crippen LogP) is 4.69. The third-order valence-corrected chi connectivity index (χ3v) is 5.66. The number of carbonyl (C=O) groups excluding carboxylic acids is 1. The average Bonchev–Trinajstić information content (AvgIpc) is 3.10. The van der Waals surface area contributed by atoms with Gasteiger partial charge in [-0.05, 0) is 68.2 Å². The maximum Gasteiger partial charge on any atom is 0.180 e. The molecule has 0 spiro atoms. The van der Waals surface area contributed by atoms with Crippen molar-refractivity contribution >= 4 is 16.8 Å². The van der Waals surface area contributed by atoms with Crippen molar-refractivity contribution in [1.82, 2.24) is 14.5 Å². The summed E-state index contributed by atoms with van der Waals surface area (Å²) in [6.45, 7) is 6.66. The second kappa shape index (κ2) is 8.18. The lowest BCUT2D eigenvalue weighted by Crippen LogP contribution is -2.34. The molecule has 3 heterocycles. The molecule has 29 heavy (non-hydrogen) atoms. The van der Waals surface area contributed by atoms with Gasteiger partial charge in [-0.25, -0.2) is 0 Å². The van der Waals surface area contributed by atoms with Crippen LogP contribution in [0, 0.1) is 11.3 Å². The first-order chi connectivity index (χ1) is 14.1. The number of aromatic nitrogens is 2. The largest absolute Gasteiger partial charge is 0.311 e. The van der Waals surface area contributed by atoms with E-state index >= 15 is 0 Å². The van der Waals surface area contributed by atoms with Gasteiger partial charge in [0.2, 0.25) is 0 Å². The monoisotopic (exact) mass is 386 g/mol. The van der Waals surface area contributed by atoms with Crippen molar-refractivity contribution in [1.29, 1.82) is 5.26 Å². The Morgan fingerprint density at radius 2 is 1.86 bits per heavy atom. The molecule has 0 saturated carbocycles. The van der Waals surface area contributed by atoms with E-state index in [1.807, 2.05) is 36.4 Å². The molecule has 0 aliphatic carbocycles. The first kappa shape index (κ1) is 19.4. The van der Waals surface area contributed by atoms with Gasteiger partial charge in [-0.3, -0.25) is 14.7 Å². The van der Waals surface area contributed by atoms with Crippen LogP contribution in [-0.2, 0) is 0 Å². The maximum atomic E-state index is 13.5. The minimum Gasteiger partial charge on any atom is -0.311 e. The van der Waals surface area contributed by atoms with Crippen molar-refractivity contribution in [2.75, 3.05) is 19.6 Å². The predicted molar refractivity (Wildman–Crippen MR) is 114 cm³/mol. The van der Waals surface area contributed by atoms with E-state index in [1.54, 1.807) is 6.20 Å². The van der Waals surface area contributed by atoms with E-state index in [2.05, 4.69) is 34.4 Å². The van der Waals surface area contributed by atoms with Gasteiger partial charge < -0.3 is 4.57 Å². The van der Waals surface area contributed by atoms with E-state index in [9.17, 15) is 4.79 Å². The number of Topliss-reactive ketones (excluding diaryl/α,β-unsaturated/α-hetero) is 1. The van der Waals surface area contributed by atoms with Gasteiger partial charge in [0.05, 0.1) is 34.8 Å². The quantitative estimate of drug-likeness (QED) is 0.597. The minimum atomic E-state index is 0.145. The molecule has 1 aliphatic heterocycles. The van der Waals surface area contributed by atoms with Crippen LogP contribution in [0.1, 0.15) is 60.6 Å². The standard InChI is InChI=1S/C24H26N4O/c1-17(2)24-22(21(29)16-27-13-4-3-5-14-27)23-20(7-6-12-26-23)28(24)19-10-8-18(15-25)9-11-19/h6-12,17H,3-5,13-14,16H2,1-2H3. The summed E-state index contributed by atoms with van der Waals surface area (Å²) in [5.41, 5.74) is 5.00. The Labute approximate surface area is 171 Å². The summed E-state index contributed by atoms with van der Waals surface area (Å²) < 4.78 is 2.14. The molecule has 0 N–H and O–H groups in total. The van der Waals surface area contributed by atoms with E-state index < -0.39 is 0 Å². The van der Waals surface area contributed by atoms with E-state index in [-0.39, 0.29) is 11.7 Å². The number of fused-ring (bicyclic) bond motifs is 1. The number of hydrogen-bond donors (Lipinski definition) is 0. The molecule has 1 aliphatic rings. The highest BCUT2D eigenvalue weighted by atomic mass is 16.1. The van der Waals surface area contributed by atoms with Gasteiger partial charge in [0.25, 0.3) is 0 Å². The van der Waals surface area contributed by atoms with Crippen LogP contribution in [0.25, 0.3) is 16.7 Å². The molecule has 1 aromatic carbocycles. The van der Waals surface area contributed by atoms with Crippen LogP contribution in [0.4, 0.5) is 0 Å². The number of hydrogen-bond acceptors (Lipinski definition) is 4. The van der Waals surface area contributed by atoms with Crippen molar-refractivity contribution in [2.24, 2.45) is 0 Å². The molecular formula is C24H26N4O. The van der Waals surface area contributed by atoms with Gasteiger partial charge in [-0.1, -0.05) is 20.3 Å². The van der Waals surface area contributed by atoms with Gasteiger partial charge in [0, 0.05) is 17.6 Å². The summed E-state index contributed by atoms with van der Waals surface area (Å²) in [4.78, 5) is 20.3. The zero-order chi connectivity index (χ0) is 20.4. The van der Waals surface area contributed by atoms with Crippen LogP contribution < -0.4 is 0 Å². The fourth-order valence-electron chi connectivity index (χ4n) is 4.32. The van der Waals surface area contributed by atoms with Gasteiger partial charge in [-0.2, -0.15) is 5.26 Å². The van der Waals surface area contributed by atoms with Crippen LogP contribution in [0.5, 0.6) is 0 Å². The summed E-state index contributed by atoms with van der Waals surface area (Å²) in [7, 11) is 0. The fourth-order valence-corrected chi connectivity index (χ4v) is 4.32. The highest BCUT2D eigenvalue weighted by molar-refractivity contribution is 6.09. The SMILES string of the molecule is CC(C)c1c(C(=O)CN2CCCCC2)c2ncccc2n1-c1ccc(C#N)cc1. The number of benzene rings is 1. The van der Waals surface area contributed by atoms with Crippen LogP contribution in [0.3, 0.4) is 0 Å². The lowest BCUT2D eigenvalue weighted by molar-refractivity contribution is 0.0915. The molecule has 0 unspecified atom stereocenters. The normalized spacial score (nSPS) is 15.0. The second-order valence-electron chi connectivity index (χ2n) is 8.04. The van der Waals surface area contributed by atoms with Crippen molar-refractivity contribution in [2.45, 2.75) is 39.0 Å². The molecule has 2 aromatic heterocycles. The van der Waals surface area contributed by atoms with Crippen molar-refractivity contribution in [3.63, 3.8) is 0 Å². The molecular weight excluding hydrogens is 360 g/mol. The number of carbonyl (C=O) groups is 1. The van der Waals surface area contributed by atoms with Crippen molar-refractivity contribution in [3.05, 3.63) is 59.4 Å². The van der Waals surface area contributed by atoms with E-state index in [4.69, 9.17) is 5.26 Å². The van der Waals surface area contributed by atoms with E-state index in [0.29, 0.717) is 12.1 Å². The lowest BCUT2D eigenvalue weighted by atomic mass is 10.0. The summed E-state index contributed by atoms with van der Waals surface area (Å²) >= 11 is 0. The minimum absolute atomic E-state index is 0.145. The zero-order valence-corrected chi connectivity index (χ0v) is 17.1. The summed E-state index contributed by atoms with van der Waals surface area (Å²) in [5.74, 6) is 0.298. The number of piperidine rings is 1. The first-order valence-electron chi connectivity index (χ1n) is 10.4. The number of likely N-dealkylation sites (tertiary alicyclic amines) is 1. The number of pyridine rings is 1. The smallest absolute Gasteiger partial charge is 0.180 e. The lowest BCUT2D eigenvalue weighted by Gasteiger charge is -2.25. The van der Waals surface area contributed by atoms with Crippen molar-refractivity contribution < 1.29 is 4.79 Å². The number of ketones is 1. The van der Waals surface area contributed by atoms with Crippen LogP contribution >= 0.6 is 0 Å². The van der Waals surface area contributed by atoms with E-state index in [0.717, 1.165) is 53.9 Å². The second-order valence-corrected chi connectivity index (χ2v) is 8.04. The van der Waals surface area contributed by atoms with Gasteiger partial charge in [-0.15, -0.1) is 0 Å². The molecule has 0 atom stereocenters. The molecule has 5 heteroatoms. The third kappa shape index (κ3) is 3.68. The van der Waals surface area contributed by atoms with E-state index in [1.165, 1.54) is 6.42 Å². The van der Waals surface area contributed by atoms with Gasteiger partial charge >= 0.3 is 0 Å². The fraction of sp³-hybridized carbons (Fsp3) is 0.375. The highest BCUT2D eigenvalue weighted by Crippen LogP contribution is 2.33. The van der Waals surface area contributed by atoms with Gasteiger partial charge in [0.1, 0.15) is 0 Å². The first-order valence-corrected chi connectivity index (χ1v) is 10.4. The zero-order valence-electron chi connectivity index (χ0n) is 17.1. The molecule has 0 amide bonds. The Bertz CT molecular complexity index is 1070. The number of nitrogens with zero attached hydrogens (tertiary/aromatic N) is 4. The molecule has 1 fully saturated rings. The van der Waals surface area contributed by atoms with Crippen molar-refractivity contribution in [3.8, 4) is 11.8 Å². The summed E-state index contributed by atoms with van der Waals surface area (Å²) in [6, 6.07) is 13.6. The molecule has 4 rings (SSSR count). The maximum absolute atomic E-state index is 13.5. The highest BCUT2D eigenvalue weighted by Gasteiger charge is 2.27.